The normalized spacial score (nSPS) is 12.5. The van der Waals surface area contributed by atoms with Crippen LogP contribution in [0.2, 0.25) is 0 Å². The van der Waals surface area contributed by atoms with Crippen molar-refractivity contribution >= 4 is 0 Å². The SMILES string of the molecule is Cc1cnc(C(O)c2ccc(C)c(F)c2F)c(C)c1. The second kappa shape index (κ2) is 5.05. The molecular weight excluding hydrogens is 248 g/mol. The number of hydrogen-bond donors (Lipinski definition) is 1. The number of aliphatic hydroxyl groups excluding tert-OH is 1. The van der Waals surface area contributed by atoms with Crippen LogP contribution in [0.1, 0.15) is 34.1 Å². The average molecular weight is 263 g/mol. The van der Waals surface area contributed by atoms with Gasteiger partial charge in [-0.15, -0.1) is 0 Å². The predicted molar refractivity (Wildman–Crippen MR) is 68.9 cm³/mol. The molecule has 0 aliphatic carbocycles. The minimum atomic E-state index is -1.27. The Morgan fingerprint density at radius 2 is 1.74 bits per heavy atom. The molecule has 1 atom stereocenters. The van der Waals surface area contributed by atoms with Crippen LogP contribution in [0.3, 0.4) is 0 Å². The van der Waals surface area contributed by atoms with Crippen LogP contribution in [0.4, 0.5) is 8.78 Å². The fourth-order valence-electron chi connectivity index (χ4n) is 2.03. The zero-order chi connectivity index (χ0) is 14.2. The molecule has 0 saturated carbocycles. The number of nitrogens with zero attached hydrogens (tertiary/aromatic N) is 1. The Morgan fingerprint density at radius 3 is 2.37 bits per heavy atom. The molecule has 1 aromatic heterocycles. The van der Waals surface area contributed by atoms with E-state index in [1.807, 2.05) is 13.0 Å². The van der Waals surface area contributed by atoms with Gasteiger partial charge in [-0.1, -0.05) is 18.2 Å². The molecule has 19 heavy (non-hydrogen) atoms. The van der Waals surface area contributed by atoms with Crippen LogP contribution in [0.25, 0.3) is 0 Å². The summed E-state index contributed by atoms with van der Waals surface area (Å²) in [7, 11) is 0. The second-order valence-corrected chi connectivity index (χ2v) is 4.72. The van der Waals surface area contributed by atoms with E-state index in [0.29, 0.717) is 5.69 Å². The van der Waals surface area contributed by atoms with Gasteiger partial charge in [-0.2, -0.15) is 0 Å². The second-order valence-electron chi connectivity index (χ2n) is 4.72. The molecule has 1 N–H and O–H groups in total. The molecule has 2 nitrogen and oxygen atoms in total. The highest BCUT2D eigenvalue weighted by molar-refractivity contribution is 5.35. The molecule has 1 heterocycles. The summed E-state index contributed by atoms with van der Waals surface area (Å²) in [6.07, 6.45) is 0.323. The highest BCUT2D eigenvalue weighted by Gasteiger charge is 2.21. The molecule has 0 saturated heterocycles. The van der Waals surface area contributed by atoms with Crippen molar-refractivity contribution in [3.05, 3.63) is 64.0 Å². The molecule has 2 aromatic rings. The van der Waals surface area contributed by atoms with Crippen LogP contribution in [-0.4, -0.2) is 10.1 Å². The zero-order valence-electron chi connectivity index (χ0n) is 11.0. The maximum absolute atomic E-state index is 13.8. The van der Waals surface area contributed by atoms with Crippen LogP contribution in [0, 0.1) is 32.4 Å². The number of aryl methyl sites for hydroxylation is 3. The zero-order valence-corrected chi connectivity index (χ0v) is 11.0. The first kappa shape index (κ1) is 13.6. The molecule has 0 fully saturated rings. The van der Waals surface area contributed by atoms with Gasteiger partial charge in [0, 0.05) is 11.8 Å². The maximum atomic E-state index is 13.8. The van der Waals surface area contributed by atoms with Gasteiger partial charge < -0.3 is 5.11 Å². The lowest BCUT2D eigenvalue weighted by Gasteiger charge is -2.15. The van der Waals surface area contributed by atoms with E-state index in [1.165, 1.54) is 19.1 Å². The number of halogens is 2. The van der Waals surface area contributed by atoms with E-state index >= 15 is 0 Å². The predicted octanol–water partition coefficient (Wildman–Crippen LogP) is 3.37. The van der Waals surface area contributed by atoms with Crippen LogP contribution in [-0.2, 0) is 0 Å². The lowest BCUT2D eigenvalue weighted by Crippen LogP contribution is -2.09. The Hall–Kier alpha value is -1.81. The van der Waals surface area contributed by atoms with Gasteiger partial charge >= 0.3 is 0 Å². The van der Waals surface area contributed by atoms with Crippen LogP contribution in [0.5, 0.6) is 0 Å². The van der Waals surface area contributed by atoms with Crippen molar-refractivity contribution in [1.82, 2.24) is 4.98 Å². The van der Waals surface area contributed by atoms with Crippen molar-refractivity contribution in [2.24, 2.45) is 0 Å². The Kier molecular flexibility index (Phi) is 3.62. The number of pyridine rings is 1. The van der Waals surface area contributed by atoms with Crippen molar-refractivity contribution < 1.29 is 13.9 Å². The molecule has 100 valence electrons. The first-order valence-electron chi connectivity index (χ1n) is 5.97. The van der Waals surface area contributed by atoms with Crippen molar-refractivity contribution in [2.75, 3.05) is 0 Å². The Labute approximate surface area is 110 Å². The summed E-state index contributed by atoms with van der Waals surface area (Å²) in [6, 6.07) is 4.67. The van der Waals surface area contributed by atoms with E-state index < -0.39 is 17.7 Å². The van der Waals surface area contributed by atoms with Crippen molar-refractivity contribution in [2.45, 2.75) is 26.9 Å². The van der Waals surface area contributed by atoms with Gasteiger partial charge in [0.2, 0.25) is 0 Å². The molecular formula is C15H15F2NO. The van der Waals surface area contributed by atoms with Gasteiger partial charge in [-0.3, -0.25) is 4.98 Å². The minimum Gasteiger partial charge on any atom is -0.382 e. The van der Waals surface area contributed by atoms with Gasteiger partial charge in [-0.05, 0) is 37.5 Å². The summed E-state index contributed by atoms with van der Waals surface area (Å²) in [6.45, 7) is 5.13. The number of aliphatic hydroxyl groups is 1. The smallest absolute Gasteiger partial charge is 0.165 e. The molecule has 1 aromatic carbocycles. The molecule has 0 bridgehead atoms. The topological polar surface area (TPSA) is 33.1 Å². The first-order valence-corrected chi connectivity index (χ1v) is 5.97. The summed E-state index contributed by atoms with van der Waals surface area (Å²) in [4.78, 5) is 4.11. The van der Waals surface area contributed by atoms with Crippen molar-refractivity contribution in [3.8, 4) is 0 Å². The summed E-state index contributed by atoms with van der Waals surface area (Å²) < 4.78 is 27.4. The summed E-state index contributed by atoms with van der Waals surface area (Å²) in [5.74, 6) is -1.95. The lowest BCUT2D eigenvalue weighted by molar-refractivity contribution is 0.207. The summed E-state index contributed by atoms with van der Waals surface area (Å²) >= 11 is 0. The number of aromatic nitrogens is 1. The van der Waals surface area contributed by atoms with Crippen LogP contribution >= 0.6 is 0 Å². The fraction of sp³-hybridized carbons (Fsp3) is 0.267. The molecule has 0 radical (unpaired) electrons. The highest BCUT2D eigenvalue weighted by Crippen LogP contribution is 2.27. The van der Waals surface area contributed by atoms with E-state index in [-0.39, 0.29) is 11.1 Å². The molecule has 4 heteroatoms. The first-order chi connectivity index (χ1) is 8.91. The number of rotatable bonds is 2. The summed E-state index contributed by atoms with van der Waals surface area (Å²) in [5, 5.41) is 10.2. The molecule has 0 spiro atoms. The standard InChI is InChI=1S/C15H15F2NO/c1-8-6-10(3)14(18-7-8)15(19)11-5-4-9(2)12(16)13(11)17/h4-7,15,19H,1-3H3. The maximum Gasteiger partial charge on any atom is 0.165 e. The van der Waals surface area contributed by atoms with Gasteiger partial charge in [0.25, 0.3) is 0 Å². The Balaban J connectivity index is 2.50. The van der Waals surface area contributed by atoms with Crippen LogP contribution < -0.4 is 0 Å². The van der Waals surface area contributed by atoms with Gasteiger partial charge in [0.15, 0.2) is 11.6 Å². The monoisotopic (exact) mass is 263 g/mol. The number of hydrogen-bond acceptors (Lipinski definition) is 2. The van der Waals surface area contributed by atoms with Crippen molar-refractivity contribution in [1.29, 1.82) is 0 Å². The molecule has 0 aliphatic heterocycles. The third-order valence-electron chi connectivity index (χ3n) is 3.11. The average Bonchev–Trinajstić information content (AvgIpc) is 2.35. The van der Waals surface area contributed by atoms with Gasteiger partial charge in [0.05, 0.1) is 5.69 Å². The van der Waals surface area contributed by atoms with E-state index in [4.69, 9.17) is 0 Å². The van der Waals surface area contributed by atoms with Gasteiger partial charge in [0.1, 0.15) is 6.10 Å². The van der Waals surface area contributed by atoms with Crippen molar-refractivity contribution in [3.63, 3.8) is 0 Å². The Bertz CT molecular complexity index is 626. The Morgan fingerprint density at radius 1 is 1.05 bits per heavy atom. The summed E-state index contributed by atoms with van der Waals surface area (Å²) in [5.41, 5.74) is 2.15. The lowest BCUT2D eigenvalue weighted by atomic mass is 10.00. The molecule has 1 unspecified atom stereocenters. The molecule has 0 aliphatic rings. The van der Waals surface area contributed by atoms with E-state index in [9.17, 15) is 13.9 Å². The number of benzene rings is 1. The highest BCUT2D eigenvalue weighted by atomic mass is 19.2. The molecule has 0 amide bonds. The van der Waals surface area contributed by atoms with Crippen LogP contribution in [0.15, 0.2) is 24.4 Å². The van der Waals surface area contributed by atoms with E-state index in [0.717, 1.165) is 11.1 Å². The van der Waals surface area contributed by atoms with E-state index in [1.54, 1.807) is 13.1 Å². The quantitative estimate of drug-likeness (QED) is 0.901. The van der Waals surface area contributed by atoms with Gasteiger partial charge in [-0.25, -0.2) is 8.78 Å². The third kappa shape index (κ3) is 2.49. The minimum absolute atomic E-state index is 0.0949. The largest absolute Gasteiger partial charge is 0.382 e. The molecule has 2 rings (SSSR count). The third-order valence-corrected chi connectivity index (χ3v) is 3.11. The fourth-order valence-corrected chi connectivity index (χ4v) is 2.03. The van der Waals surface area contributed by atoms with E-state index in [2.05, 4.69) is 4.98 Å².